The van der Waals surface area contributed by atoms with Crippen LogP contribution in [0.3, 0.4) is 0 Å². The van der Waals surface area contributed by atoms with Crippen LogP contribution < -0.4 is 20.3 Å². The maximum atomic E-state index is 12.5. The summed E-state index contributed by atoms with van der Waals surface area (Å²) < 4.78 is 11.2. The monoisotopic (exact) mass is 548 g/mol. The van der Waals surface area contributed by atoms with Crippen LogP contribution >= 0.6 is 0 Å². The van der Waals surface area contributed by atoms with Crippen molar-refractivity contribution in [2.24, 2.45) is 0 Å². The highest BCUT2D eigenvalue weighted by Gasteiger charge is 2.19. The van der Waals surface area contributed by atoms with Gasteiger partial charge in [0, 0.05) is 47.8 Å². The van der Waals surface area contributed by atoms with E-state index >= 15 is 0 Å². The Morgan fingerprint density at radius 1 is 1.00 bits per heavy atom. The fraction of sp³-hybridized carbons (Fsp3) is 0.379. The van der Waals surface area contributed by atoms with Crippen molar-refractivity contribution in [3.8, 4) is 17.1 Å². The number of aryl methyl sites for hydroxylation is 1. The largest absolute Gasteiger partial charge is 0.492 e. The van der Waals surface area contributed by atoms with E-state index < -0.39 is 0 Å². The van der Waals surface area contributed by atoms with Gasteiger partial charge in [-0.15, -0.1) is 0 Å². The number of amides is 2. The zero-order valence-corrected chi connectivity index (χ0v) is 23.4. The summed E-state index contributed by atoms with van der Waals surface area (Å²) in [6.07, 6.45) is 1.09. The number of benzene rings is 2. The number of nitrogens with one attached hydrogen (secondary N) is 2. The second kappa shape index (κ2) is 15.3. The Bertz CT molecular complexity index is 1270. The van der Waals surface area contributed by atoms with Crippen LogP contribution in [-0.4, -0.2) is 80.6 Å². The topological polar surface area (TPSA) is 126 Å². The van der Waals surface area contributed by atoms with Crippen molar-refractivity contribution in [3.05, 3.63) is 59.8 Å². The smallest absolute Gasteiger partial charge is 0.373 e. The minimum Gasteiger partial charge on any atom is -0.492 e. The van der Waals surface area contributed by atoms with Crippen LogP contribution in [-0.2, 0) is 20.7 Å². The third-order valence-electron chi connectivity index (χ3n) is 6.19. The molecule has 1 saturated heterocycles. The first-order chi connectivity index (χ1) is 19.3. The molecule has 2 N–H and O–H groups in total. The summed E-state index contributed by atoms with van der Waals surface area (Å²) in [7, 11) is 4.01. The van der Waals surface area contributed by atoms with E-state index in [4.69, 9.17) is 29.0 Å². The molecule has 2 aromatic carbocycles. The molecular weight excluding hydrogens is 512 g/mol. The van der Waals surface area contributed by atoms with Crippen LogP contribution in [0.1, 0.15) is 18.2 Å². The number of aromatic nitrogens is 2. The summed E-state index contributed by atoms with van der Waals surface area (Å²) in [6.45, 7) is 8.71. The minimum absolute atomic E-state index is 0.250. The molecular formula is C29H36N6O5. The van der Waals surface area contributed by atoms with Crippen molar-refractivity contribution in [3.63, 3.8) is 0 Å². The second-order valence-corrected chi connectivity index (χ2v) is 9.31. The molecule has 0 saturated carbocycles. The second-order valence-electron chi connectivity index (χ2n) is 9.31. The number of nitrogens with zero attached hydrogens (tertiary/aromatic N) is 4. The molecule has 0 spiro atoms. The highest BCUT2D eigenvalue weighted by atomic mass is 16.5. The molecule has 40 heavy (non-hydrogen) atoms. The van der Waals surface area contributed by atoms with Crippen LogP contribution in [0.2, 0.25) is 0 Å². The SMILES string of the molecule is CCc1nc(-c2ccc(NC(=O)Nc3ccc(OCCN(C)C)cc3)cc2)nc(N2CCOCC2)c1C.O=C=O. The lowest BCUT2D eigenvalue weighted by Gasteiger charge is -2.29. The molecule has 0 bridgehead atoms. The fourth-order valence-corrected chi connectivity index (χ4v) is 4.08. The van der Waals surface area contributed by atoms with Gasteiger partial charge in [0.25, 0.3) is 0 Å². The van der Waals surface area contributed by atoms with Crippen LogP contribution in [0.5, 0.6) is 5.75 Å². The summed E-state index contributed by atoms with van der Waals surface area (Å²) >= 11 is 0. The van der Waals surface area contributed by atoms with Gasteiger partial charge in [0.1, 0.15) is 18.2 Å². The Hall–Kier alpha value is -4.31. The maximum Gasteiger partial charge on any atom is 0.373 e. The number of hydrogen-bond donors (Lipinski definition) is 2. The molecule has 212 valence electrons. The molecule has 1 aliphatic rings. The van der Waals surface area contributed by atoms with E-state index in [9.17, 15) is 4.79 Å². The number of anilines is 3. The van der Waals surface area contributed by atoms with E-state index in [2.05, 4.69) is 34.3 Å². The van der Waals surface area contributed by atoms with Crippen molar-refractivity contribution < 1.29 is 23.9 Å². The van der Waals surface area contributed by atoms with E-state index in [1.54, 1.807) is 0 Å². The first-order valence-corrected chi connectivity index (χ1v) is 13.1. The highest BCUT2D eigenvalue weighted by Crippen LogP contribution is 2.27. The van der Waals surface area contributed by atoms with Gasteiger partial charge >= 0.3 is 12.2 Å². The third-order valence-corrected chi connectivity index (χ3v) is 6.19. The predicted octanol–water partition coefficient (Wildman–Crippen LogP) is 3.85. The molecule has 11 heteroatoms. The van der Waals surface area contributed by atoms with Crippen molar-refractivity contribution in [1.29, 1.82) is 0 Å². The number of carbonyl (C=O) groups is 1. The number of rotatable bonds is 9. The predicted molar refractivity (Wildman–Crippen MR) is 153 cm³/mol. The van der Waals surface area contributed by atoms with Crippen molar-refractivity contribution in [2.75, 3.05) is 69.1 Å². The summed E-state index contributed by atoms with van der Waals surface area (Å²) in [5.74, 6) is 2.43. The standard InChI is InChI=1S/C28H36N6O3.CO2/c1-5-25-20(2)27(34-15-17-36-18-16-34)32-26(31-25)21-6-8-22(9-7-21)29-28(35)30-23-10-12-24(13-11-23)37-19-14-33(3)4;2-1-3/h6-13H,5,14-19H2,1-4H3,(H2,29,30,35);. The van der Waals surface area contributed by atoms with Crippen LogP contribution in [0, 0.1) is 6.92 Å². The van der Waals surface area contributed by atoms with Crippen LogP contribution in [0.15, 0.2) is 48.5 Å². The van der Waals surface area contributed by atoms with E-state index in [1.165, 1.54) is 0 Å². The van der Waals surface area contributed by atoms with Crippen molar-refractivity contribution in [1.82, 2.24) is 14.9 Å². The number of carbonyl (C=O) groups excluding carboxylic acids is 3. The molecule has 0 aliphatic carbocycles. The van der Waals surface area contributed by atoms with Gasteiger partial charge in [0.05, 0.1) is 13.2 Å². The fourth-order valence-electron chi connectivity index (χ4n) is 4.08. The summed E-state index contributed by atoms with van der Waals surface area (Å²) in [5.41, 5.74) is 4.43. The molecule has 1 aliphatic heterocycles. The van der Waals surface area contributed by atoms with Gasteiger partial charge in [-0.2, -0.15) is 9.59 Å². The number of hydrogen-bond acceptors (Lipinski definition) is 9. The lowest BCUT2D eigenvalue weighted by atomic mass is 10.1. The zero-order chi connectivity index (χ0) is 28.9. The van der Waals surface area contributed by atoms with Gasteiger partial charge in [0.15, 0.2) is 5.82 Å². The Morgan fingerprint density at radius 3 is 2.12 bits per heavy atom. The van der Waals surface area contributed by atoms with Gasteiger partial charge in [0.2, 0.25) is 0 Å². The number of likely N-dealkylation sites (N-methyl/N-ethyl adjacent to an activating group) is 1. The van der Waals surface area contributed by atoms with E-state index in [0.29, 0.717) is 37.0 Å². The molecule has 0 radical (unpaired) electrons. The third kappa shape index (κ3) is 8.88. The Kier molecular flexibility index (Phi) is 11.6. The van der Waals surface area contributed by atoms with Gasteiger partial charge in [-0.3, -0.25) is 0 Å². The number of urea groups is 1. The minimum atomic E-state index is -0.316. The lowest BCUT2D eigenvalue weighted by molar-refractivity contribution is -0.191. The molecule has 11 nitrogen and oxygen atoms in total. The molecule has 0 unspecified atom stereocenters. The molecule has 2 amide bonds. The maximum absolute atomic E-state index is 12.5. The highest BCUT2D eigenvalue weighted by molar-refractivity contribution is 5.99. The van der Waals surface area contributed by atoms with Gasteiger partial charge < -0.3 is 29.9 Å². The van der Waals surface area contributed by atoms with E-state index in [-0.39, 0.29) is 12.2 Å². The normalized spacial score (nSPS) is 12.7. The average molecular weight is 549 g/mol. The van der Waals surface area contributed by atoms with E-state index in [1.807, 2.05) is 62.6 Å². The van der Waals surface area contributed by atoms with Gasteiger partial charge in [-0.05, 0) is 76.0 Å². The molecule has 1 fully saturated rings. The molecule has 1 aromatic heterocycles. The molecule has 3 aromatic rings. The van der Waals surface area contributed by atoms with Crippen molar-refractivity contribution >= 4 is 29.4 Å². The molecule has 0 atom stereocenters. The van der Waals surface area contributed by atoms with E-state index in [0.717, 1.165) is 54.4 Å². The Morgan fingerprint density at radius 2 is 1.57 bits per heavy atom. The average Bonchev–Trinajstić information content (AvgIpc) is 2.95. The lowest BCUT2D eigenvalue weighted by Crippen LogP contribution is -2.37. The molecule has 4 rings (SSSR count). The molecule has 2 heterocycles. The summed E-state index contributed by atoms with van der Waals surface area (Å²) in [5, 5.41) is 5.72. The van der Waals surface area contributed by atoms with Gasteiger partial charge in [-0.25, -0.2) is 14.8 Å². The first kappa shape index (κ1) is 30.2. The van der Waals surface area contributed by atoms with Gasteiger partial charge in [-0.1, -0.05) is 6.92 Å². The number of ether oxygens (including phenoxy) is 2. The first-order valence-electron chi connectivity index (χ1n) is 13.1. The Labute approximate surface area is 234 Å². The summed E-state index contributed by atoms with van der Waals surface area (Å²) in [4.78, 5) is 42.8. The zero-order valence-electron chi connectivity index (χ0n) is 23.4. The Balaban J connectivity index is 0.00000141. The number of morpholine rings is 1. The van der Waals surface area contributed by atoms with Crippen molar-refractivity contribution in [2.45, 2.75) is 20.3 Å². The quantitative estimate of drug-likeness (QED) is 0.410. The van der Waals surface area contributed by atoms with Crippen LogP contribution in [0.4, 0.5) is 22.0 Å². The van der Waals surface area contributed by atoms with Crippen LogP contribution in [0.25, 0.3) is 11.4 Å². The summed E-state index contributed by atoms with van der Waals surface area (Å²) in [6, 6.07) is 14.6.